The van der Waals surface area contributed by atoms with Crippen LogP contribution in [0.2, 0.25) is 0 Å². The minimum absolute atomic E-state index is 0.139. The second-order valence-corrected chi connectivity index (χ2v) is 5.36. The third-order valence-corrected chi connectivity index (χ3v) is 3.38. The van der Waals surface area contributed by atoms with E-state index in [1.165, 1.54) is 0 Å². The van der Waals surface area contributed by atoms with Crippen molar-refractivity contribution in [2.75, 3.05) is 20.3 Å². The van der Waals surface area contributed by atoms with E-state index >= 15 is 0 Å². The van der Waals surface area contributed by atoms with Gasteiger partial charge >= 0.3 is 0 Å². The predicted molar refractivity (Wildman–Crippen MR) is 74.5 cm³/mol. The van der Waals surface area contributed by atoms with Gasteiger partial charge in [0.05, 0.1) is 30.1 Å². The van der Waals surface area contributed by atoms with Crippen molar-refractivity contribution in [1.29, 1.82) is 0 Å². The molecule has 0 aromatic carbocycles. The monoisotopic (exact) mass is 326 g/mol. The van der Waals surface area contributed by atoms with Crippen LogP contribution in [0.1, 0.15) is 16.8 Å². The molecule has 0 saturated carbocycles. The van der Waals surface area contributed by atoms with Gasteiger partial charge in [-0.05, 0) is 6.42 Å². The van der Waals surface area contributed by atoms with Crippen LogP contribution in [0, 0.1) is 0 Å². The summed E-state index contributed by atoms with van der Waals surface area (Å²) in [5.41, 5.74) is 1.23. The molecule has 7 heteroatoms. The number of hydrogen-bond donors (Lipinski definition) is 1. The second-order valence-electron chi connectivity index (χ2n) is 4.06. The first-order valence-corrected chi connectivity index (χ1v) is 6.82. The molecule has 19 heavy (non-hydrogen) atoms. The summed E-state index contributed by atoms with van der Waals surface area (Å²) in [6.45, 7) is 1.20. The molecule has 0 aliphatic rings. The lowest BCUT2D eigenvalue weighted by Gasteiger charge is -2.09. The SMILES string of the molecule is COCC(Br)CCNC(=O)c1cnn2ccncc12. The van der Waals surface area contributed by atoms with Crippen LogP contribution in [-0.2, 0) is 4.74 Å². The lowest BCUT2D eigenvalue weighted by molar-refractivity contribution is 0.0953. The Kier molecular flexibility index (Phi) is 4.86. The summed E-state index contributed by atoms with van der Waals surface area (Å²) in [6, 6.07) is 0. The van der Waals surface area contributed by atoms with Gasteiger partial charge in [0.25, 0.3) is 5.91 Å². The molecule has 2 rings (SSSR count). The number of hydrogen-bond acceptors (Lipinski definition) is 4. The van der Waals surface area contributed by atoms with E-state index in [0.29, 0.717) is 24.2 Å². The molecule has 0 saturated heterocycles. The molecule has 102 valence electrons. The first-order valence-electron chi connectivity index (χ1n) is 5.91. The highest BCUT2D eigenvalue weighted by Crippen LogP contribution is 2.09. The Balaban J connectivity index is 1.93. The van der Waals surface area contributed by atoms with E-state index in [-0.39, 0.29) is 10.7 Å². The lowest BCUT2D eigenvalue weighted by atomic mass is 10.2. The predicted octanol–water partition coefficient (Wildman–Crippen LogP) is 1.26. The maximum atomic E-state index is 12.0. The molecule has 2 aromatic heterocycles. The molecule has 2 aromatic rings. The fraction of sp³-hybridized carbons (Fsp3) is 0.417. The number of rotatable bonds is 6. The number of amides is 1. The molecule has 0 aliphatic heterocycles. The molecule has 0 fully saturated rings. The highest BCUT2D eigenvalue weighted by molar-refractivity contribution is 9.09. The average molecular weight is 327 g/mol. The van der Waals surface area contributed by atoms with Crippen LogP contribution >= 0.6 is 15.9 Å². The van der Waals surface area contributed by atoms with Crippen LogP contribution in [-0.4, -0.2) is 45.6 Å². The molecule has 1 amide bonds. The minimum Gasteiger partial charge on any atom is -0.384 e. The number of methoxy groups -OCH3 is 1. The summed E-state index contributed by atoms with van der Waals surface area (Å²) >= 11 is 3.47. The van der Waals surface area contributed by atoms with Gasteiger partial charge in [0, 0.05) is 30.9 Å². The zero-order valence-corrected chi connectivity index (χ0v) is 12.1. The van der Waals surface area contributed by atoms with Gasteiger partial charge in [-0.15, -0.1) is 0 Å². The van der Waals surface area contributed by atoms with Crippen molar-refractivity contribution in [2.24, 2.45) is 0 Å². The summed E-state index contributed by atoms with van der Waals surface area (Å²) in [6.07, 6.45) is 7.31. The number of ether oxygens (including phenoxy) is 1. The highest BCUT2D eigenvalue weighted by atomic mass is 79.9. The standard InChI is InChI=1S/C12H15BrN4O2/c1-19-8-9(13)2-3-15-12(18)10-6-16-17-5-4-14-7-11(10)17/h4-7,9H,2-3,8H2,1H3,(H,15,18). The Morgan fingerprint density at radius 2 is 2.42 bits per heavy atom. The van der Waals surface area contributed by atoms with Crippen molar-refractivity contribution in [3.8, 4) is 0 Å². The minimum atomic E-state index is -0.139. The average Bonchev–Trinajstić information content (AvgIpc) is 2.82. The van der Waals surface area contributed by atoms with Gasteiger partial charge < -0.3 is 10.1 Å². The van der Waals surface area contributed by atoms with Crippen molar-refractivity contribution in [3.05, 3.63) is 30.4 Å². The molecule has 1 unspecified atom stereocenters. The number of carbonyl (C=O) groups is 1. The highest BCUT2D eigenvalue weighted by Gasteiger charge is 2.12. The van der Waals surface area contributed by atoms with Gasteiger partial charge in [-0.1, -0.05) is 15.9 Å². The van der Waals surface area contributed by atoms with E-state index in [1.54, 1.807) is 36.4 Å². The Labute approximate surface area is 119 Å². The molecule has 0 spiro atoms. The van der Waals surface area contributed by atoms with Crippen LogP contribution in [0.15, 0.2) is 24.8 Å². The van der Waals surface area contributed by atoms with Gasteiger partial charge in [0.1, 0.15) is 0 Å². The molecular weight excluding hydrogens is 312 g/mol. The van der Waals surface area contributed by atoms with Gasteiger partial charge in [0.15, 0.2) is 0 Å². The zero-order valence-electron chi connectivity index (χ0n) is 10.5. The number of fused-ring (bicyclic) bond motifs is 1. The quantitative estimate of drug-likeness (QED) is 0.811. The van der Waals surface area contributed by atoms with Crippen molar-refractivity contribution < 1.29 is 9.53 Å². The zero-order chi connectivity index (χ0) is 13.7. The fourth-order valence-corrected chi connectivity index (χ4v) is 2.20. The molecule has 0 bridgehead atoms. The van der Waals surface area contributed by atoms with Gasteiger partial charge in [0.2, 0.25) is 0 Å². The fourth-order valence-electron chi connectivity index (χ4n) is 1.71. The first-order chi connectivity index (χ1) is 9.22. The van der Waals surface area contributed by atoms with Crippen LogP contribution < -0.4 is 5.32 Å². The molecule has 0 aliphatic carbocycles. The smallest absolute Gasteiger partial charge is 0.255 e. The third kappa shape index (κ3) is 3.51. The van der Waals surface area contributed by atoms with Gasteiger partial charge in [-0.2, -0.15) is 5.10 Å². The van der Waals surface area contributed by atoms with E-state index in [1.807, 2.05) is 0 Å². The first kappa shape index (κ1) is 14.0. The number of halogens is 1. The number of aromatic nitrogens is 3. The number of alkyl halides is 1. The lowest BCUT2D eigenvalue weighted by Crippen LogP contribution is -2.26. The summed E-state index contributed by atoms with van der Waals surface area (Å²) in [7, 11) is 1.65. The Morgan fingerprint density at radius 1 is 1.58 bits per heavy atom. The van der Waals surface area contributed by atoms with Crippen molar-refractivity contribution >= 4 is 27.4 Å². The number of carbonyl (C=O) groups excluding carboxylic acids is 1. The summed E-state index contributed by atoms with van der Waals surface area (Å²) in [5, 5.41) is 6.96. The summed E-state index contributed by atoms with van der Waals surface area (Å²) in [5.74, 6) is -0.139. The second kappa shape index (κ2) is 6.63. The molecule has 1 N–H and O–H groups in total. The third-order valence-electron chi connectivity index (χ3n) is 2.66. The van der Waals surface area contributed by atoms with E-state index in [9.17, 15) is 4.79 Å². The van der Waals surface area contributed by atoms with Gasteiger partial charge in [-0.25, -0.2) is 4.52 Å². The van der Waals surface area contributed by atoms with Gasteiger partial charge in [-0.3, -0.25) is 9.78 Å². The number of nitrogens with zero attached hydrogens (tertiary/aromatic N) is 3. The normalized spacial score (nSPS) is 12.5. The molecule has 6 nitrogen and oxygen atoms in total. The van der Waals surface area contributed by atoms with Crippen molar-refractivity contribution in [1.82, 2.24) is 19.9 Å². The number of nitrogens with one attached hydrogen (secondary N) is 1. The largest absolute Gasteiger partial charge is 0.384 e. The van der Waals surface area contributed by atoms with Crippen molar-refractivity contribution in [2.45, 2.75) is 11.2 Å². The van der Waals surface area contributed by atoms with Crippen LogP contribution in [0.5, 0.6) is 0 Å². The molecular formula is C12H15BrN4O2. The topological polar surface area (TPSA) is 68.5 Å². The summed E-state index contributed by atoms with van der Waals surface area (Å²) in [4.78, 5) is 16.3. The molecule has 0 radical (unpaired) electrons. The van der Waals surface area contributed by atoms with Crippen LogP contribution in [0.4, 0.5) is 0 Å². The summed E-state index contributed by atoms with van der Waals surface area (Å²) < 4.78 is 6.63. The van der Waals surface area contributed by atoms with Crippen molar-refractivity contribution in [3.63, 3.8) is 0 Å². The Hall–Kier alpha value is -1.47. The Morgan fingerprint density at radius 3 is 3.21 bits per heavy atom. The molecule has 2 heterocycles. The van der Waals surface area contributed by atoms with Crippen LogP contribution in [0.25, 0.3) is 5.52 Å². The van der Waals surface area contributed by atoms with E-state index in [0.717, 1.165) is 6.42 Å². The maximum absolute atomic E-state index is 12.0. The van der Waals surface area contributed by atoms with Crippen LogP contribution in [0.3, 0.4) is 0 Å². The van der Waals surface area contributed by atoms with E-state index in [4.69, 9.17) is 4.74 Å². The van der Waals surface area contributed by atoms with E-state index in [2.05, 4.69) is 31.3 Å². The van der Waals surface area contributed by atoms with E-state index < -0.39 is 0 Å². The Bertz CT molecular complexity index is 557. The molecule has 1 atom stereocenters. The maximum Gasteiger partial charge on any atom is 0.255 e.